The van der Waals surface area contributed by atoms with Crippen LogP contribution >= 0.6 is 46.4 Å². The van der Waals surface area contributed by atoms with Crippen LogP contribution in [0.15, 0.2) is 12.1 Å². The summed E-state index contributed by atoms with van der Waals surface area (Å²) in [5.74, 6) is 0. The van der Waals surface area contributed by atoms with Gasteiger partial charge in [-0.05, 0) is 12.1 Å². The number of benzene rings is 1. The summed E-state index contributed by atoms with van der Waals surface area (Å²) in [6.45, 7) is 0. The van der Waals surface area contributed by atoms with E-state index in [-0.39, 0.29) is 20.6 Å². The molecule has 0 spiro atoms. The standard InChI is InChI=1S/C10H2Cl4N4/c11-7-9(13)17-5-2-6-4(1-3(5)15-7)16-8(12)10(14)18-6/h1-2H. The Morgan fingerprint density at radius 2 is 0.722 bits per heavy atom. The van der Waals surface area contributed by atoms with Crippen LogP contribution in [0.1, 0.15) is 0 Å². The van der Waals surface area contributed by atoms with Crippen molar-refractivity contribution >= 4 is 68.5 Å². The Morgan fingerprint density at radius 3 is 0.944 bits per heavy atom. The Morgan fingerprint density at radius 1 is 0.500 bits per heavy atom. The van der Waals surface area contributed by atoms with Gasteiger partial charge in [0.25, 0.3) is 0 Å². The average molecular weight is 320 g/mol. The van der Waals surface area contributed by atoms with Gasteiger partial charge in [-0.2, -0.15) is 0 Å². The first kappa shape index (κ1) is 12.1. The normalized spacial score (nSPS) is 11.3. The van der Waals surface area contributed by atoms with E-state index in [9.17, 15) is 0 Å². The van der Waals surface area contributed by atoms with Gasteiger partial charge in [-0.15, -0.1) is 0 Å². The molecule has 2 heterocycles. The number of nitrogens with zero attached hydrogens (tertiary/aromatic N) is 4. The maximum absolute atomic E-state index is 5.81. The van der Waals surface area contributed by atoms with Crippen LogP contribution in [-0.4, -0.2) is 19.9 Å². The summed E-state index contributed by atoms with van der Waals surface area (Å²) in [6.07, 6.45) is 0. The third-order valence-corrected chi connectivity index (χ3v) is 3.53. The molecule has 4 nitrogen and oxygen atoms in total. The Labute approximate surface area is 121 Å². The van der Waals surface area contributed by atoms with E-state index in [1.807, 2.05) is 0 Å². The van der Waals surface area contributed by atoms with Crippen LogP contribution in [0.5, 0.6) is 0 Å². The van der Waals surface area contributed by atoms with E-state index in [1.165, 1.54) is 0 Å². The zero-order valence-electron chi connectivity index (χ0n) is 8.46. The molecule has 2 aromatic heterocycles. The summed E-state index contributed by atoms with van der Waals surface area (Å²) in [6, 6.07) is 3.35. The highest BCUT2D eigenvalue weighted by Gasteiger charge is 2.09. The third-order valence-electron chi connectivity index (χ3n) is 2.29. The van der Waals surface area contributed by atoms with Gasteiger partial charge in [0.15, 0.2) is 20.6 Å². The molecule has 0 atom stereocenters. The second kappa shape index (κ2) is 4.31. The lowest BCUT2D eigenvalue weighted by molar-refractivity contribution is 1.27. The lowest BCUT2D eigenvalue weighted by atomic mass is 10.2. The predicted octanol–water partition coefficient (Wildman–Crippen LogP) is 4.19. The van der Waals surface area contributed by atoms with Crippen LogP contribution < -0.4 is 0 Å². The van der Waals surface area contributed by atoms with E-state index in [0.29, 0.717) is 22.1 Å². The number of fused-ring (bicyclic) bond motifs is 2. The Balaban J connectivity index is 2.43. The lowest BCUT2D eigenvalue weighted by Crippen LogP contribution is -1.91. The molecule has 1 aromatic carbocycles. The summed E-state index contributed by atoms with van der Waals surface area (Å²) in [5, 5.41) is 0.543. The molecule has 18 heavy (non-hydrogen) atoms. The molecule has 0 fully saturated rings. The highest BCUT2D eigenvalue weighted by Crippen LogP contribution is 2.26. The molecule has 90 valence electrons. The topological polar surface area (TPSA) is 51.6 Å². The third kappa shape index (κ3) is 1.95. The maximum Gasteiger partial charge on any atom is 0.167 e. The van der Waals surface area contributed by atoms with Crippen molar-refractivity contribution in [3.63, 3.8) is 0 Å². The minimum atomic E-state index is 0.136. The van der Waals surface area contributed by atoms with Gasteiger partial charge >= 0.3 is 0 Å². The average Bonchev–Trinajstić information content (AvgIpc) is 2.31. The van der Waals surface area contributed by atoms with Gasteiger partial charge in [0.1, 0.15) is 0 Å². The van der Waals surface area contributed by atoms with Gasteiger partial charge < -0.3 is 0 Å². The van der Waals surface area contributed by atoms with E-state index in [2.05, 4.69) is 19.9 Å². The van der Waals surface area contributed by atoms with E-state index in [1.54, 1.807) is 12.1 Å². The zero-order valence-corrected chi connectivity index (χ0v) is 11.5. The minimum Gasteiger partial charge on any atom is -0.231 e. The minimum absolute atomic E-state index is 0.136. The fraction of sp³-hybridized carbons (Fsp3) is 0. The van der Waals surface area contributed by atoms with Crippen molar-refractivity contribution in [2.45, 2.75) is 0 Å². The van der Waals surface area contributed by atoms with Gasteiger partial charge in [0.05, 0.1) is 22.1 Å². The number of hydrogen-bond donors (Lipinski definition) is 0. The monoisotopic (exact) mass is 318 g/mol. The van der Waals surface area contributed by atoms with Crippen molar-refractivity contribution in [1.82, 2.24) is 19.9 Å². The molecule has 0 unspecified atom stereocenters. The quantitative estimate of drug-likeness (QED) is 0.583. The molecule has 0 amide bonds. The largest absolute Gasteiger partial charge is 0.231 e. The van der Waals surface area contributed by atoms with Gasteiger partial charge in [-0.25, -0.2) is 19.9 Å². The first-order valence-corrected chi connectivity index (χ1v) is 6.21. The molecule has 0 radical (unpaired) electrons. The molecule has 0 N–H and O–H groups in total. The molecule has 3 rings (SSSR count). The molecule has 0 aliphatic carbocycles. The van der Waals surface area contributed by atoms with Gasteiger partial charge in [0.2, 0.25) is 0 Å². The molecule has 3 aromatic rings. The lowest BCUT2D eigenvalue weighted by Gasteiger charge is -2.03. The van der Waals surface area contributed by atoms with E-state index in [0.717, 1.165) is 0 Å². The van der Waals surface area contributed by atoms with Crippen molar-refractivity contribution in [1.29, 1.82) is 0 Å². The van der Waals surface area contributed by atoms with Crippen molar-refractivity contribution in [2.75, 3.05) is 0 Å². The van der Waals surface area contributed by atoms with Crippen LogP contribution in [0.25, 0.3) is 22.1 Å². The second-order valence-corrected chi connectivity index (χ2v) is 4.87. The highest BCUT2D eigenvalue weighted by molar-refractivity contribution is 6.41. The zero-order chi connectivity index (χ0) is 12.9. The first-order chi connectivity index (χ1) is 8.54. The molecule has 0 saturated carbocycles. The number of halogens is 4. The van der Waals surface area contributed by atoms with E-state index in [4.69, 9.17) is 46.4 Å². The SMILES string of the molecule is Clc1nc2cc3nc(Cl)c(Cl)nc3cc2nc1Cl. The number of aromatic nitrogens is 4. The summed E-state index contributed by atoms with van der Waals surface area (Å²) in [5.41, 5.74) is 2.24. The predicted molar refractivity (Wildman–Crippen MR) is 72.7 cm³/mol. The summed E-state index contributed by atoms with van der Waals surface area (Å²) in [7, 11) is 0. The molecular weight excluding hydrogens is 318 g/mol. The van der Waals surface area contributed by atoms with Crippen molar-refractivity contribution in [3.8, 4) is 0 Å². The fourth-order valence-electron chi connectivity index (χ4n) is 1.52. The summed E-state index contributed by atoms with van der Waals surface area (Å²) >= 11 is 23.2. The molecule has 0 aliphatic heterocycles. The van der Waals surface area contributed by atoms with E-state index < -0.39 is 0 Å². The smallest absolute Gasteiger partial charge is 0.167 e. The Kier molecular flexibility index (Phi) is 2.90. The van der Waals surface area contributed by atoms with Crippen LogP contribution in [0, 0.1) is 0 Å². The van der Waals surface area contributed by atoms with Crippen molar-refractivity contribution in [2.24, 2.45) is 0 Å². The maximum atomic E-state index is 5.81. The Bertz CT molecular complexity index is 661. The number of rotatable bonds is 0. The fourth-order valence-corrected chi connectivity index (χ4v) is 2.05. The van der Waals surface area contributed by atoms with Gasteiger partial charge in [-0.1, -0.05) is 46.4 Å². The first-order valence-electron chi connectivity index (χ1n) is 4.70. The van der Waals surface area contributed by atoms with Crippen LogP contribution in [0.3, 0.4) is 0 Å². The van der Waals surface area contributed by atoms with Gasteiger partial charge in [-0.3, -0.25) is 0 Å². The van der Waals surface area contributed by atoms with Crippen LogP contribution in [0.2, 0.25) is 20.6 Å². The van der Waals surface area contributed by atoms with Gasteiger partial charge in [0, 0.05) is 0 Å². The Hall–Kier alpha value is -0.940. The summed E-state index contributed by atoms with van der Waals surface area (Å²) in [4.78, 5) is 16.4. The number of hydrogen-bond acceptors (Lipinski definition) is 4. The second-order valence-electron chi connectivity index (χ2n) is 3.44. The molecule has 0 bridgehead atoms. The highest BCUT2D eigenvalue weighted by atomic mass is 35.5. The van der Waals surface area contributed by atoms with Crippen LogP contribution in [-0.2, 0) is 0 Å². The van der Waals surface area contributed by atoms with E-state index >= 15 is 0 Å². The molecular formula is C10H2Cl4N4. The molecule has 0 aliphatic rings. The molecule has 8 heteroatoms. The van der Waals surface area contributed by atoms with Crippen molar-refractivity contribution in [3.05, 3.63) is 32.7 Å². The summed E-state index contributed by atoms with van der Waals surface area (Å²) < 4.78 is 0. The van der Waals surface area contributed by atoms with Crippen molar-refractivity contribution < 1.29 is 0 Å². The van der Waals surface area contributed by atoms with Crippen LogP contribution in [0.4, 0.5) is 0 Å². The molecule has 0 saturated heterocycles.